The van der Waals surface area contributed by atoms with Crippen LogP contribution in [-0.4, -0.2) is 36.2 Å². The van der Waals surface area contributed by atoms with Crippen molar-refractivity contribution in [1.82, 2.24) is 4.90 Å². The number of benzene rings is 2. The first kappa shape index (κ1) is 14.2. The van der Waals surface area contributed by atoms with Crippen LogP contribution in [0.3, 0.4) is 0 Å². The van der Waals surface area contributed by atoms with Crippen molar-refractivity contribution in [2.75, 3.05) is 31.1 Å². The molecule has 4 heteroatoms. The Balaban J connectivity index is 1.60. The fourth-order valence-corrected chi connectivity index (χ4v) is 2.93. The lowest BCUT2D eigenvalue weighted by Gasteiger charge is -2.36. The van der Waals surface area contributed by atoms with Crippen LogP contribution in [0, 0.1) is 0 Å². The molecule has 0 spiro atoms. The molecule has 1 fully saturated rings. The lowest BCUT2D eigenvalue weighted by molar-refractivity contribution is 0.247. The summed E-state index contributed by atoms with van der Waals surface area (Å²) in [5.41, 5.74) is 2.18. The standard InChI is InChI=1S/C17H19ClN2O/c18-16-8-4-5-14(17(16)21)13-19-9-11-20(12-10-19)15-6-2-1-3-7-15/h1-8,21H,9-13H2. The number of piperazine rings is 1. The minimum Gasteiger partial charge on any atom is -0.506 e. The third kappa shape index (κ3) is 3.31. The van der Waals surface area contributed by atoms with Crippen LogP contribution in [0.4, 0.5) is 5.69 Å². The van der Waals surface area contributed by atoms with Crippen molar-refractivity contribution >= 4 is 17.3 Å². The van der Waals surface area contributed by atoms with Gasteiger partial charge in [0.1, 0.15) is 5.75 Å². The molecule has 110 valence electrons. The van der Waals surface area contributed by atoms with Gasteiger partial charge in [0.05, 0.1) is 5.02 Å². The monoisotopic (exact) mass is 302 g/mol. The van der Waals surface area contributed by atoms with E-state index in [-0.39, 0.29) is 5.75 Å². The van der Waals surface area contributed by atoms with Gasteiger partial charge in [-0.25, -0.2) is 0 Å². The summed E-state index contributed by atoms with van der Waals surface area (Å²) in [4.78, 5) is 4.75. The molecule has 0 aromatic heterocycles. The van der Waals surface area contributed by atoms with Crippen molar-refractivity contribution in [2.24, 2.45) is 0 Å². The Morgan fingerprint density at radius 3 is 2.33 bits per heavy atom. The number of aromatic hydroxyl groups is 1. The van der Waals surface area contributed by atoms with E-state index in [1.165, 1.54) is 5.69 Å². The van der Waals surface area contributed by atoms with E-state index in [1.54, 1.807) is 6.07 Å². The molecule has 1 aliphatic heterocycles. The normalized spacial score (nSPS) is 16.1. The highest BCUT2D eigenvalue weighted by molar-refractivity contribution is 6.32. The van der Waals surface area contributed by atoms with Crippen LogP contribution >= 0.6 is 11.6 Å². The molecule has 1 heterocycles. The number of rotatable bonds is 3. The maximum Gasteiger partial charge on any atom is 0.138 e. The molecule has 0 saturated carbocycles. The third-order valence-corrected chi connectivity index (χ3v) is 4.26. The Kier molecular flexibility index (Phi) is 4.32. The first-order valence-electron chi connectivity index (χ1n) is 7.23. The first-order valence-corrected chi connectivity index (χ1v) is 7.60. The molecule has 21 heavy (non-hydrogen) atoms. The number of phenolic OH excluding ortho intramolecular Hbond substituents is 1. The van der Waals surface area contributed by atoms with Gasteiger partial charge in [0, 0.05) is 44.0 Å². The lowest BCUT2D eigenvalue weighted by Crippen LogP contribution is -2.45. The largest absolute Gasteiger partial charge is 0.506 e. The van der Waals surface area contributed by atoms with Crippen molar-refractivity contribution in [2.45, 2.75) is 6.54 Å². The van der Waals surface area contributed by atoms with E-state index in [1.807, 2.05) is 18.2 Å². The molecule has 1 N–H and O–H groups in total. The summed E-state index contributed by atoms with van der Waals surface area (Å²) in [6.45, 7) is 4.73. The Bertz CT molecular complexity index is 595. The van der Waals surface area contributed by atoms with Gasteiger partial charge in [-0.1, -0.05) is 41.9 Å². The zero-order valence-electron chi connectivity index (χ0n) is 11.9. The van der Waals surface area contributed by atoms with E-state index in [4.69, 9.17) is 11.6 Å². The Morgan fingerprint density at radius 2 is 1.62 bits per heavy atom. The lowest BCUT2D eigenvalue weighted by atomic mass is 10.1. The van der Waals surface area contributed by atoms with E-state index >= 15 is 0 Å². The number of nitrogens with zero attached hydrogens (tertiary/aromatic N) is 2. The zero-order chi connectivity index (χ0) is 14.7. The highest BCUT2D eigenvalue weighted by Crippen LogP contribution is 2.28. The summed E-state index contributed by atoms with van der Waals surface area (Å²) in [7, 11) is 0. The van der Waals surface area contributed by atoms with E-state index in [9.17, 15) is 5.11 Å². The third-order valence-electron chi connectivity index (χ3n) is 3.96. The van der Waals surface area contributed by atoms with Gasteiger partial charge in [-0.15, -0.1) is 0 Å². The van der Waals surface area contributed by atoms with Gasteiger partial charge >= 0.3 is 0 Å². The van der Waals surface area contributed by atoms with Crippen LogP contribution in [0.15, 0.2) is 48.5 Å². The van der Waals surface area contributed by atoms with Crippen LogP contribution < -0.4 is 4.90 Å². The van der Waals surface area contributed by atoms with Crippen molar-refractivity contribution in [3.8, 4) is 5.75 Å². The van der Waals surface area contributed by atoms with Crippen molar-refractivity contribution < 1.29 is 5.11 Å². The summed E-state index contributed by atoms with van der Waals surface area (Å²) in [6, 6.07) is 16.0. The van der Waals surface area contributed by atoms with Crippen LogP contribution in [0.25, 0.3) is 0 Å². The summed E-state index contributed by atoms with van der Waals surface area (Å²) in [5.74, 6) is 0.213. The molecule has 0 bridgehead atoms. The predicted octanol–water partition coefficient (Wildman–Crippen LogP) is 3.37. The topological polar surface area (TPSA) is 26.7 Å². The molecule has 1 aliphatic rings. The molecule has 2 aromatic carbocycles. The van der Waals surface area contributed by atoms with Gasteiger partial charge in [0.2, 0.25) is 0 Å². The number of hydrogen-bond donors (Lipinski definition) is 1. The van der Waals surface area contributed by atoms with Gasteiger partial charge in [-0.2, -0.15) is 0 Å². The highest BCUT2D eigenvalue weighted by Gasteiger charge is 2.18. The maximum atomic E-state index is 9.99. The summed E-state index contributed by atoms with van der Waals surface area (Å²) in [5, 5.41) is 10.4. The minimum absolute atomic E-state index is 0.213. The zero-order valence-corrected chi connectivity index (χ0v) is 12.6. The fourth-order valence-electron chi connectivity index (χ4n) is 2.73. The molecular weight excluding hydrogens is 284 g/mol. The molecule has 0 unspecified atom stereocenters. The molecule has 2 aromatic rings. The Hall–Kier alpha value is -1.71. The summed E-state index contributed by atoms with van der Waals surface area (Å²) in [6.07, 6.45) is 0. The molecule has 0 atom stereocenters. The summed E-state index contributed by atoms with van der Waals surface area (Å²) >= 11 is 5.96. The first-order chi connectivity index (χ1) is 10.2. The predicted molar refractivity (Wildman–Crippen MR) is 87.0 cm³/mol. The molecule has 3 rings (SSSR count). The van der Waals surface area contributed by atoms with Gasteiger partial charge in [-0.3, -0.25) is 4.90 Å². The van der Waals surface area contributed by atoms with Crippen molar-refractivity contribution in [1.29, 1.82) is 0 Å². The molecule has 0 amide bonds. The number of para-hydroxylation sites is 2. The number of anilines is 1. The van der Waals surface area contributed by atoms with Gasteiger partial charge < -0.3 is 10.0 Å². The Labute approximate surface area is 130 Å². The average Bonchev–Trinajstić information content (AvgIpc) is 2.53. The van der Waals surface area contributed by atoms with Crippen LogP contribution in [0.5, 0.6) is 5.75 Å². The van der Waals surface area contributed by atoms with Crippen molar-refractivity contribution in [3.05, 3.63) is 59.1 Å². The number of hydrogen-bond acceptors (Lipinski definition) is 3. The van der Waals surface area contributed by atoms with E-state index in [2.05, 4.69) is 34.1 Å². The molecular formula is C17H19ClN2O. The maximum absolute atomic E-state index is 9.99. The van der Waals surface area contributed by atoms with Gasteiger partial charge in [0.25, 0.3) is 0 Å². The van der Waals surface area contributed by atoms with E-state index in [0.29, 0.717) is 5.02 Å². The SMILES string of the molecule is Oc1c(Cl)cccc1CN1CCN(c2ccccc2)CC1. The van der Waals surface area contributed by atoms with Crippen LogP contribution in [0.2, 0.25) is 5.02 Å². The van der Waals surface area contributed by atoms with Gasteiger partial charge in [0.15, 0.2) is 0 Å². The average molecular weight is 303 g/mol. The molecule has 3 nitrogen and oxygen atoms in total. The molecule has 1 saturated heterocycles. The molecule has 0 aliphatic carbocycles. The van der Waals surface area contributed by atoms with Crippen LogP contribution in [-0.2, 0) is 6.54 Å². The van der Waals surface area contributed by atoms with E-state index in [0.717, 1.165) is 38.3 Å². The second-order valence-electron chi connectivity index (χ2n) is 5.35. The van der Waals surface area contributed by atoms with Crippen LogP contribution in [0.1, 0.15) is 5.56 Å². The Morgan fingerprint density at radius 1 is 0.905 bits per heavy atom. The second-order valence-corrected chi connectivity index (χ2v) is 5.75. The number of halogens is 1. The second kappa shape index (κ2) is 6.37. The minimum atomic E-state index is 0.213. The smallest absolute Gasteiger partial charge is 0.138 e. The number of phenols is 1. The fraction of sp³-hybridized carbons (Fsp3) is 0.294. The van der Waals surface area contributed by atoms with Gasteiger partial charge in [-0.05, 0) is 18.2 Å². The highest BCUT2D eigenvalue weighted by atomic mass is 35.5. The quantitative estimate of drug-likeness (QED) is 0.942. The van der Waals surface area contributed by atoms with Crippen molar-refractivity contribution in [3.63, 3.8) is 0 Å². The molecule has 0 radical (unpaired) electrons. The summed E-state index contributed by atoms with van der Waals surface area (Å²) < 4.78 is 0. The van der Waals surface area contributed by atoms with E-state index < -0.39 is 0 Å².